The van der Waals surface area contributed by atoms with Gasteiger partial charge in [-0.05, 0) is 50.5 Å². The molecule has 0 aliphatic carbocycles. The van der Waals surface area contributed by atoms with Gasteiger partial charge in [-0.1, -0.05) is 30.3 Å². The molecule has 0 spiro atoms. The third-order valence-corrected chi connectivity index (χ3v) is 7.35. The van der Waals surface area contributed by atoms with Crippen molar-refractivity contribution in [3.05, 3.63) is 66.0 Å². The molecule has 1 unspecified atom stereocenters. The first-order chi connectivity index (χ1) is 18.6. The van der Waals surface area contributed by atoms with Gasteiger partial charge in [-0.2, -0.15) is 0 Å². The number of nitrogens with zero attached hydrogens (tertiary/aromatic N) is 4. The summed E-state index contributed by atoms with van der Waals surface area (Å²) in [6, 6.07) is 13.3. The fourth-order valence-electron chi connectivity index (χ4n) is 5.38. The first-order valence-corrected chi connectivity index (χ1v) is 13.4. The summed E-state index contributed by atoms with van der Waals surface area (Å²) < 4.78 is 10.8. The molecule has 2 aromatic carbocycles. The van der Waals surface area contributed by atoms with Crippen molar-refractivity contribution in [2.45, 2.75) is 57.9 Å². The van der Waals surface area contributed by atoms with Gasteiger partial charge in [-0.25, -0.2) is 9.59 Å². The molecule has 3 amide bonds. The number of carbonyl (C=O) groups is 2. The highest BCUT2D eigenvalue weighted by atomic mass is 16.6. The van der Waals surface area contributed by atoms with Crippen LogP contribution >= 0.6 is 0 Å². The van der Waals surface area contributed by atoms with E-state index in [9.17, 15) is 14.7 Å². The predicted octanol–water partition coefficient (Wildman–Crippen LogP) is 5.12. The van der Waals surface area contributed by atoms with Crippen molar-refractivity contribution in [3.8, 4) is 5.75 Å². The summed E-state index contributed by atoms with van der Waals surface area (Å²) in [5, 5.41) is 12.6. The van der Waals surface area contributed by atoms with E-state index in [1.165, 1.54) is 4.90 Å². The maximum absolute atomic E-state index is 13.7. The Morgan fingerprint density at radius 1 is 1.05 bits per heavy atom. The molecule has 5 rings (SSSR count). The van der Waals surface area contributed by atoms with E-state index in [1.54, 1.807) is 23.1 Å². The van der Waals surface area contributed by atoms with Gasteiger partial charge in [0.05, 0.1) is 19.0 Å². The minimum Gasteiger partial charge on any atom is -0.497 e. The molecule has 0 bridgehead atoms. The zero-order valence-corrected chi connectivity index (χ0v) is 23.0. The molecule has 39 heavy (non-hydrogen) atoms. The van der Waals surface area contributed by atoms with Crippen LogP contribution < -0.4 is 9.64 Å². The number of aliphatic hydroxyl groups excluding tert-OH is 1. The number of ether oxygens (including phenoxy) is 2. The van der Waals surface area contributed by atoms with E-state index in [4.69, 9.17) is 9.47 Å². The summed E-state index contributed by atoms with van der Waals surface area (Å²) in [5.41, 5.74) is 2.18. The Kier molecular flexibility index (Phi) is 7.36. The van der Waals surface area contributed by atoms with Crippen molar-refractivity contribution in [1.29, 1.82) is 0 Å². The van der Waals surface area contributed by atoms with E-state index >= 15 is 0 Å². The van der Waals surface area contributed by atoms with Crippen LogP contribution in [-0.2, 0) is 11.3 Å². The van der Waals surface area contributed by atoms with E-state index in [2.05, 4.69) is 11.1 Å². The summed E-state index contributed by atoms with van der Waals surface area (Å²) in [5.74, 6) is 0.878. The first kappa shape index (κ1) is 26.7. The normalized spacial score (nSPS) is 20.0. The Morgan fingerprint density at radius 2 is 1.82 bits per heavy atom. The van der Waals surface area contributed by atoms with Crippen LogP contribution in [-0.4, -0.2) is 70.6 Å². The fraction of sp³-hybridized carbons (Fsp3) is 0.433. The van der Waals surface area contributed by atoms with Gasteiger partial charge in [-0.3, -0.25) is 14.8 Å². The molecule has 9 nitrogen and oxygen atoms in total. The molecule has 1 aromatic heterocycles. The van der Waals surface area contributed by atoms with Crippen LogP contribution in [0.25, 0.3) is 10.8 Å². The van der Waals surface area contributed by atoms with Crippen LogP contribution in [0, 0.1) is 0 Å². The number of likely N-dealkylation sites (tertiary alicyclic amines) is 1. The van der Waals surface area contributed by atoms with Gasteiger partial charge in [0.2, 0.25) is 0 Å². The second kappa shape index (κ2) is 10.7. The minimum atomic E-state index is -0.869. The summed E-state index contributed by atoms with van der Waals surface area (Å²) in [4.78, 5) is 35.8. The second-order valence-electron chi connectivity index (χ2n) is 11.2. The summed E-state index contributed by atoms with van der Waals surface area (Å²) in [7, 11) is 1.61. The van der Waals surface area contributed by atoms with Crippen LogP contribution in [0.1, 0.15) is 50.7 Å². The number of fused-ring (bicyclic) bond motifs is 1. The zero-order chi connectivity index (χ0) is 27.7. The predicted molar refractivity (Wildman–Crippen MR) is 149 cm³/mol. The van der Waals surface area contributed by atoms with E-state index in [1.807, 2.05) is 63.4 Å². The van der Waals surface area contributed by atoms with Crippen LogP contribution in [0.15, 0.2) is 54.9 Å². The summed E-state index contributed by atoms with van der Waals surface area (Å²) in [6.45, 7) is 7.49. The molecule has 2 atom stereocenters. The minimum absolute atomic E-state index is 0.142. The summed E-state index contributed by atoms with van der Waals surface area (Å²) >= 11 is 0. The number of aliphatic hydroxyl groups is 1. The molecular weight excluding hydrogens is 496 g/mol. The molecule has 0 saturated carbocycles. The molecular formula is C30H36N4O5. The fourth-order valence-corrected chi connectivity index (χ4v) is 5.38. The highest BCUT2D eigenvalue weighted by Gasteiger charge is 2.35. The van der Waals surface area contributed by atoms with Crippen LogP contribution in [0.5, 0.6) is 5.75 Å². The monoisotopic (exact) mass is 532 g/mol. The number of benzene rings is 2. The maximum atomic E-state index is 13.7. The number of aromatic nitrogens is 1. The van der Waals surface area contributed by atoms with E-state index in [0.29, 0.717) is 31.7 Å². The van der Waals surface area contributed by atoms with Gasteiger partial charge in [0.1, 0.15) is 17.6 Å². The van der Waals surface area contributed by atoms with Crippen molar-refractivity contribution in [3.63, 3.8) is 0 Å². The Balaban J connectivity index is 1.39. The first-order valence-electron chi connectivity index (χ1n) is 13.4. The molecule has 206 valence electrons. The van der Waals surface area contributed by atoms with Crippen molar-refractivity contribution in [1.82, 2.24) is 14.8 Å². The van der Waals surface area contributed by atoms with Crippen LogP contribution in [0.4, 0.5) is 15.3 Å². The van der Waals surface area contributed by atoms with Crippen LogP contribution in [0.2, 0.25) is 0 Å². The average Bonchev–Trinajstić information content (AvgIpc) is 3.40. The lowest BCUT2D eigenvalue weighted by molar-refractivity contribution is 0.0128. The summed E-state index contributed by atoms with van der Waals surface area (Å²) in [6.07, 6.45) is 3.64. The Bertz CT molecular complexity index is 1350. The Morgan fingerprint density at radius 3 is 2.54 bits per heavy atom. The van der Waals surface area contributed by atoms with Gasteiger partial charge in [0, 0.05) is 55.5 Å². The molecule has 2 aliphatic heterocycles. The van der Waals surface area contributed by atoms with Crippen molar-refractivity contribution < 1.29 is 24.2 Å². The number of methoxy groups -OCH3 is 1. The van der Waals surface area contributed by atoms with Gasteiger partial charge < -0.3 is 19.5 Å². The zero-order valence-electron chi connectivity index (χ0n) is 23.0. The highest BCUT2D eigenvalue weighted by molar-refractivity contribution is 6.04. The number of pyridine rings is 1. The number of urea groups is 1. The van der Waals surface area contributed by atoms with Crippen molar-refractivity contribution >= 4 is 28.6 Å². The Labute approximate surface area is 228 Å². The smallest absolute Gasteiger partial charge is 0.410 e. The maximum Gasteiger partial charge on any atom is 0.410 e. The number of anilines is 1. The van der Waals surface area contributed by atoms with Crippen molar-refractivity contribution in [2.24, 2.45) is 0 Å². The lowest BCUT2D eigenvalue weighted by atomic mass is 9.93. The lowest BCUT2D eigenvalue weighted by Gasteiger charge is -2.39. The van der Waals surface area contributed by atoms with Gasteiger partial charge >= 0.3 is 12.1 Å². The molecule has 2 saturated heterocycles. The van der Waals surface area contributed by atoms with E-state index in [0.717, 1.165) is 34.1 Å². The largest absolute Gasteiger partial charge is 0.497 e. The van der Waals surface area contributed by atoms with Gasteiger partial charge in [0.25, 0.3) is 0 Å². The number of amides is 3. The van der Waals surface area contributed by atoms with Crippen molar-refractivity contribution in [2.75, 3.05) is 31.6 Å². The van der Waals surface area contributed by atoms with E-state index < -0.39 is 11.8 Å². The molecule has 9 heteroatoms. The second-order valence-corrected chi connectivity index (χ2v) is 11.2. The van der Waals surface area contributed by atoms with Gasteiger partial charge in [-0.15, -0.1) is 0 Å². The highest BCUT2D eigenvalue weighted by Crippen LogP contribution is 2.37. The molecule has 3 heterocycles. The SMILES string of the molecule is COc1ccc(CN2C(=O)N(c3cncc4c([C@H]5CCN(C(=O)OC(C)(C)C)C5)cccc34)CCC2O)cc1. The van der Waals surface area contributed by atoms with Crippen LogP contribution in [0.3, 0.4) is 0 Å². The number of carbonyl (C=O) groups excluding carboxylic acids is 2. The van der Waals surface area contributed by atoms with Gasteiger partial charge in [0.15, 0.2) is 0 Å². The molecule has 3 aromatic rings. The average molecular weight is 533 g/mol. The third kappa shape index (κ3) is 5.63. The topological polar surface area (TPSA) is 95.4 Å². The third-order valence-electron chi connectivity index (χ3n) is 7.35. The lowest BCUT2D eigenvalue weighted by Crippen LogP contribution is -2.54. The Hall–Kier alpha value is -3.85. The van der Waals surface area contributed by atoms with E-state index in [-0.39, 0.29) is 24.6 Å². The molecule has 2 aliphatic rings. The molecule has 2 fully saturated rings. The number of hydrogen-bond donors (Lipinski definition) is 1. The molecule has 0 radical (unpaired) electrons. The number of rotatable bonds is 5. The number of hydrogen-bond acceptors (Lipinski definition) is 6. The molecule has 1 N–H and O–H groups in total. The standard InChI is InChI=1S/C30H36N4O5/c1-30(2,3)39-29(37)32-14-12-21(19-32)23-6-5-7-24-25(23)16-31-17-26(24)33-15-13-27(35)34(28(33)36)18-20-8-10-22(38-4)11-9-20/h5-11,16-17,21,27,35H,12-15,18-19H2,1-4H3/t21-,27?/m0/s1. The quantitative estimate of drug-likeness (QED) is 0.490.